The number of hydrogen-bond donors (Lipinski definition) is 1. The zero-order valence-electron chi connectivity index (χ0n) is 6.89. The standard InChI is InChI=1S/C7H12BNO2/c1-3-5(6(10)4-2)9-7(8)11/h5H,3-4H2,1-2H3,(H,9,11)/t5-/m0/s1. The van der Waals surface area contributed by atoms with Crippen LogP contribution in [0.4, 0.5) is 4.79 Å². The number of Topliss-reactive ketones (excluding diaryl/α,β-unsaturated/α-hetero) is 1. The van der Waals surface area contributed by atoms with E-state index in [-0.39, 0.29) is 5.78 Å². The van der Waals surface area contributed by atoms with Crippen molar-refractivity contribution >= 4 is 19.4 Å². The SMILES string of the molecule is [B]C(=O)N[C@@H](CC)C(=O)CC. The van der Waals surface area contributed by atoms with E-state index in [0.29, 0.717) is 12.8 Å². The maximum Gasteiger partial charge on any atom is 0.200 e. The summed E-state index contributed by atoms with van der Waals surface area (Å²) in [7, 11) is 4.86. The summed E-state index contributed by atoms with van der Waals surface area (Å²) in [5.41, 5.74) is 0. The Labute approximate surface area is 68.0 Å². The van der Waals surface area contributed by atoms with Crippen LogP contribution in [0.25, 0.3) is 0 Å². The molecule has 1 atom stereocenters. The average molecular weight is 153 g/mol. The lowest BCUT2D eigenvalue weighted by Crippen LogP contribution is -2.39. The van der Waals surface area contributed by atoms with Gasteiger partial charge in [-0.15, -0.1) is 0 Å². The molecule has 0 aromatic rings. The smallest absolute Gasteiger partial charge is 0.200 e. The first-order chi connectivity index (χ1) is 5.11. The fourth-order valence-electron chi connectivity index (χ4n) is 0.828. The number of amides is 1. The Morgan fingerprint density at radius 1 is 1.45 bits per heavy atom. The Kier molecular flexibility index (Phi) is 4.58. The van der Waals surface area contributed by atoms with Crippen molar-refractivity contribution in [3.05, 3.63) is 0 Å². The minimum absolute atomic E-state index is 0.0197. The quantitative estimate of drug-likeness (QED) is 0.601. The zero-order valence-corrected chi connectivity index (χ0v) is 6.89. The lowest BCUT2D eigenvalue weighted by atomic mass is 10.0. The van der Waals surface area contributed by atoms with E-state index in [1.165, 1.54) is 0 Å². The molecular formula is C7H12BNO2. The molecule has 0 aliphatic rings. The molecule has 60 valence electrons. The second kappa shape index (κ2) is 4.94. The van der Waals surface area contributed by atoms with Gasteiger partial charge in [0.15, 0.2) is 11.6 Å². The first-order valence-corrected chi connectivity index (χ1v) is 3.70. The molecule has 1 N–H and O–H groups in total. The number of hydrogen-bond acceptors (Lipinski definition) is 2. The molecule has 0 heterocycles. The summed E-state index contributed by atoms with van der Waals surface area (Å²) in [6.07, 6.45) is 1.02. The van der Waals surface area contributed by atoms with Gasteiger partial charge in [0.25, 0.3) is 0 Å². The molecule has 3 nitrogen and oxygen atoms in total. The van der Waals surface area contributed by atoms with Crippen LogP contribution < -0.4 is 5.32 Å². The lowest BCUT2D eigenvalue weighted by molar-refractivity contribution is -0.120. The van der Waals surface area contributed by atoms with E-state index in [4.69, 9.17) is 7.85 Å². The van der Waals surface area contributed by atoms with E-state index in [9.17, 15) is 9.59 Å². The van der Waals surface area contributed by atoms with Crippen LogP contribution in [0, 0.1) is 0 Å². The fourth-order valence-corrected chi connectivity index (χ4v) is 0.828. The molecule has 0 unspecified atom stereocenters. The van der Waals surface area contributed by atoms with Gasteiger partial charge in [-0.1, -0.05) is 13.8 Å². The van der Waals surface area contributed by atoms with E-state index in [0.717, 1.165) is 0 Å². The second-order valence-electron chi connectivity index (χ2n) is 2.29. The van der Waals surface area contributed by atoms with Crippen LogP contribution in [0.1, 0.15) is 26.7 Å². The van der Waals surface area contributed by atoms with Crippen LogP contribution in [0.5, 0.6) is 0 Å². The molecule has 0 aromatic heterocycles. The van der Waals surface area contributed by atoms with E-state index in [1.807, 2.05) is 6.92 Å². The summed E-state index contributed by atoms with van der Waals surface area (Å²) in [6, 6.07) is -0.405. The van der Waals surface area contributed by atoms with Crippen molar-refractivity contribution in [3.63, 3.8) is 0 Å². The predicted octanol–water partition coefficient (Wildman–Crippen LogP) is 0.622. The average Bonchev–Trinajstić information content (AvgIpc) is 1.98. The Bertz CT molecular complexity index is 159. The molecule has 0 aromatic carbocycles. The third-order valence-corrected chi connectivity index (χ3v) is 1.46. The van der Waals surface area contributed by atoms with E-state index in [2.05, 4.69) is 5.32 Å². The van der Waals surface area contributed by atoms with Gasteiger partial charge in [-0.3, -0.25) is 9.59 Å². The van der Waals surface area contributed by atoms with Crippen LogP contribution in [0.3, 0.4) is 0 Å². The maximum atomic E-state index is 11.0. The number of nitrogens with one attached hydrogen (secondary N) is 1. The third-order valence-electron chi connectivity index (χ3n) is 1.46. The van der Waals surface area contributed by atoms with Gasteiger partial charge in [0.1, 0.15) is 0 Å². The van der Waals surface area contributed by atoms with Crippen molar-refractivity contribution in [1.82, 2.24) is 5.32 Å². The van der Waals surface area contributed by atoms with E-state index < -0.39 is 11.8 Å². The molecule has 0 fully saturated rings. The predicted molar refractivity (Wildman–Crippen MR) is 43.7 cm³/mol. The van der Waals surface area contributed by atoms with Gasteiger partial charge in [0.2, 0.25) is 7.85 Å². The van der Waals surface area contributed by atoms with Crippen molar-refractivity contribution in [2.24, 2.45) is 0 Å². The minimum atomic E-state index is -0.640. The highest BCUT2D eigenvalue weighted by molar-refractivity contribution is 6.57. The monoisotopic (exact) mass is 153 g/mol. The maximum absolute atomic E-state index is 11.0. The van der Waals surface area contributed by atoms with Gasteiger partial charge in [-0.05, 0) is 6.42 Å². The summed E-state index contributed by atoms with van der Waals surface area (Å²) in [5, 5.41) is 2.37. The molecule has 0 bridgehead atoms. The van der Waals surface area contributed by atoms with E-state index >= 15 is 0 Å². The number of rotatable bonds is 4. The Morgan fingerprint density at radius 3 is 2.27 bits per heavy atom. The zero-order chi connectivity index (χ0) is 8.85. The number of carbonyl (C=O) groups is 2. The lowest BCUT2D eigenvalue weighted by Gasteiger charge is -2.13. The van der Waals surface area contributed by atoms with Gasteiger partial charge >= 0.3 is 0 Å². The molecule has 1 amide bonds. The summed E-state index contributed by atoms with van der Waals surface area (Å²) in [5.74, 6) is -0.620. The summed E-state index contributed by atoms with van der Waals surface area (Å²) in [6.45, 7) is 3.59. The number of carbonyl (C=O) groups excluding carboxylic acids is 2. The van der Waals surface area contributed by atoms with Crippen LogP contribution in [0.15, 0.2) is 0 Å². The van der Waals surface area contributed by atoms with Gasteiger partial charge < -0.3 is 5.32 Å². The topological polar surface area (TPSA) is 46.2 Å². The Balaban J connectivity index is 3.94. The molecule has 0 saturated carbocycles. The Hall–Kier alpha value is -0.795. The van der Waals surface area contributed by atoms with Crippen molar-refractivity contribution in [1.29, 1.82) is 0 Å². The molecule has 11 heavy (non-hydrogen) atoms. The number of ketones is 1. The normalized spacial score (nSPS) is 12.2. The van der Waals surface area contributed by atoms with Crippen LogP contribution in [-0.4, -0.2) is 25.5 Å². The second-order valence-corrected chi connectivity index (χ2v) is 2.29. The van der Waals surface area contributed by atoms with Crippen LogP contribution in [-0.2, 0) is 4.79 Å². The van der Waals surface area contributed by atoms with Gasteiger partial charge in [-0.25, -0.2) is 0 Å². The molecule has 0 aliphatic carbocycles. The van der Waals surface area contributed by atoms with Gasteiger partial charge in [-0.2, -0.15) is 0 Å². The van der Waals surface area contributed by atoms with Crippen molar-refractivity contribution < 1.29 is 9.59 Å². The largest absolute Gasteiger partial charge is 0.356 e. The van der Waals surface area contributed by atoms with Crippen LogP contribution >= 0.6 is 0 Å². The van der Waals surface area contributed by atoms with Crippen molar-refractivity contribution in [2.75, 3.05) is 0 Å². The third kappa shape index (κ3) is 3.81. The molecule has 0 aliphatic heterocycles. The highest BCUT2D eigenvalue weighted by atomic mass is 16.2. The molecule has 4 heteroatoms. The van der Waals surface area contributed by atoms with Gasteiger partial charge in [0, 0.05) is 6.42 Å². The summed E-state index contributed by atoms with van der Waals surface area (Å²) in [4.78, 5) is 21.4. The molecule has 0 saturated heterocycles. The Morgan fingerprint density at radius 2 is 2.00 bits per heavy atom. The fraction of sp³-hybridized carbons (Fsp3) is 0.714. The molecule has 0 spiro atoms. The van der Waals surface area contributed by atoms with Crippen molar-refractivity contribution in [2.45, 2.75) is 32.7 Å². The highest BCUT2D eigenvalue weighted by Gasteiger charge is 2.13. The highest BCUT2D eigenvalue weighted by Crippen LogP contribution is 1.95. The first kappa shape index (κ1) is 10.2. The van der Waals surface area contributed by atoms with Gasteiger partial charge in [0.05, 0.1) is 6.04 Å². The molecule has 2 radical (unpaired) electrons. The molecule has 0 rings (SSSR count). The first-order valence-electron chi connectivity index (χ1n) is 3.70. The minimum Gasteiger partial charge on any atom is -0.356 e. The van der Waals surface area contributed by atoms with Crippen LogP contribution in [0.2, 0.25) is 0 Å². The van der Waals surface area contributed by atoms with E-state index in [1.54, 1.807) is 6.92 Å². The van der Waals surface area contributed by atoms with Crippen molar-refractivity contribution in [3.8, 4) is 0 Å². The summed E-state index contributed by atoms with van der Waals surface area (Å²) >= 11 is 0. The summed E-state index contributed by atoms with van der Waals surface area (Å²) < 4.78 is 0. The molecular weight excluding hydrogens is 141 g/mol.